The van der Waals surface area contributed by atoms with Crippen molar-refractivity contribution in [3.05, 3.63) is 59.2 Å². The molecule has 3 rings (SSSR count). The second kappa shape index (κ2) is 10.4. The van der Waals surface area contributed by atoms with Crippen LogP contribution in [0.5, 0.6) is 0 Å². The van der Waals surface area contributed by atoms with Crippen LogP contribution < -0.4 is 15.4 Å². The van der Waals surface area contributed by atoms with Crippen LogP contribution in [-0.2, 0) is 27.6 Å². The fraction of sp³-hybridized carbons (Fsp3) is 0.417. The molecule has 0 unspecified atom stereocenters. The molecule has 0 fully saturated rings. The van der Waals surface area contributed by atoms with E-state index in [9.17, 15) is 18.0 Å². The molecule has 0 saturated heterocycles. The van der Waals surface area contributed by atoms with E-state index in [2.05, 4.69) is 15.4 Å². The van der Waals surface area contributed by atoms with Gasteiger partial charge in [-0.3, -0.25) is 4.79 Å². The molecule has 2 amide bonds. The monoisotopic (exact) mass is 473 g/mol. The van der Waals surface area contributed by atoms with Crippen molar-refractivity contribution in [2.24, 2.45) is 0 Å². The number of fused-ring (bicyclic) bond motifs is 1. The Morgan fingerprint density at radius 2 is 1.70 bits per heavy atom. The first kappa shape index (κ1) is 24.7. The molecule has 0 radical (unpaired) electrons. The minimum atomic E-state index is -3.82. The lowest BCUT2D eigenvalue weighted by Gasteiger charge is -2.19. The number of benzene rings is 2. The summed E-state index contributed by atoms with van der Waals surface area (Å²) in [4.78, 5) is 24.4. The fourth-order valence-electron chi connectivity index (χ4n) is 3.57. The van der Waals surface area contributed by atoms with Gasteiger partial charge in [-0.25, -0.2) is 17.9 Å². The van der Waals surface area contributed by atoms with Gasteiger partial charge in [-0.1, -0.05) is 12.1 Å². The van der Waals surface area contributed by atoms with Crippen molar-refractivity contribution in [3.63, 3.8) is 0 Å². The highest BCUT2D eigenvalue weighted by Gasteiger charge is 2.18. The average Bonchev–Trinajstić information content (AvgIpc) is 2.75. The molecule has 0 aliphatic heterocycles. The van der Waals surface area contributed by atoms with Crippen LogP contribution in [0, 0.1) is 0 Å². The van der Waals surface area contributed by atoms with Crippen molar-refractivity contribution in [1.29, 1.82) is 0 Å². The van der Waals surface area contributed by atoms with Gasteiger partial charge in [0, 0.05) is 24.3 Å². The number of ether oxygens (including phenoxy) is 1. The van der Waals surface area contributed by atoms with Crippen molar-refractivity contribution < 1.29 is 22.7 Å². The highest BCUT2D eigenvalue weighted by molar-refractivity contribution is 7.89. The highest BCUT2D eigenvalue weighted by atomic mass is 32.2. The van der Waals surface area contributed by atoms with Gasteiger partial charge in [0.1, 0.15) is 5.60 Å². The lowest BCUT2D eigenvalue weighted by atomic mass is 9.90. The first-order valence-electron chi connectivity index (χ1n) is 11.0. The Bertz CT molecular complexity index is 1120. The molecule has 3 N–H and O–H groups in total. The Balaban J connectivity index is 1.58. The number of carbonyl (C=O) groups is 2. The van der Waals surface area contributed by atoms with Gasteiger partial charge in [-0.15, -0.1) is 0 Å². The molecule has 2 aromatic rings. The van der Waals surface area contributed by atoms with Gasteiger partial charge in [0.15, 0.2) is 0 Å². The summed E-state index contributed by atoms with van der Waals surface area (Å²) in [7, 11) is -3.82. The largest absolute Gasteiger partial charge is 0.444 e. The topological polar surface area (TPSA) is 114 Å². The summed E-state index contributed by atoms with van der Waals surface area (Å²) in [5.41, 5.74) is 2.79. The molecular formula is C24H31N3O5S. The second-order valence-corrected chi connectivity index (χ2v) is 10.8. The van der Waals surface area contributed by atoms with Gasteiger partial charge in [-0.2, -0.15) is 0 Å². The lowest BCUT2D eigenvalue weighted by molar-refractivity contribution is 0.0528. The predicted octanol–water partition coefficient (Wildman–Crippen LogP) is 3.62. The molecule has 0 bridgehead atoms. The number of alkyl carbamates (subject to hydrolysis) is 1. The van der Waals surface area contributed by atoms with Gasteiger partial charge in [-0.05, 0) is 87.9 Å². The molecule has 33 heavy (non-hydrogen) atoms. The van der Waals surface area contributed by atoms with E-state index < -0.39 is 21.7 Å². The Morgan fingerprint density at radius 3 is 2.42 bits per heavy atom. The predicted molar refractivity (Wildman–Crippen MR) is 127 cm³/mol. The van der Waals surface area contributed by atoms with Gasteiger partial charge in [0.05, 0.1) is 4.90 Å². The van der Waals surface area contributed by atoms with Gasteiger partial charge in [0.25, 0.3) is 5.91 Å². The van der Waals surface area contributed by atoms with Gasteiger partial charge < -0.3 is 15.4 Å². The number of amides is 2. The van der Waals surface area contributed by atoms with Gasteiger partial charge >= 0.3 is 6.09 Å². The van der Waals surface area contributed by atoms with Crippen molar-refractivity contribution >= 4 is 27.7 Å². The standard InChI is InChI=1S/C24H31N3O5S/c1-24(2,3)32-23(29)25-13-14-26-33(30,31)21-10-6-9-20(16-21)27-22(28)19-12-11-17-7-4-5-8-18(17)15-19/h6,9-12,15-16,26H,4-5,7-8,13-14H2,1-3H3,(H,25,29)(H,27,28). The average molecular weight is 474 g/mol. The van der Waals surface area contributed by atoms with E-state index in [1.165, 1.54) is 29.7 Å². The summed E-state index contributed by atoms with van der Waals surface area (Å²) in [5.74, 6) is -0.285. The van der Waals surface area contributed by atoms with Crippen LogP contribution in [0.3, 0.4) is 0 Å². The Labute approximate surface area is 195 Å². The maximum atomic E-state index is 12.7. The third kappa shape index (κ3) is 7.30. The fourth-order valence-corrected chi connectivity index (χ4v) is 4.64. The maximum absolute atomic E-state index is 12.7. The molecule has 0 aromatic heterocycles. The Morgan fingerprint density at radius 1 is 0.970 bits per heavy atom. The number of sulfonamides is 1. The number of nitrogens with one attached hydrogen (secondary N) is 3. The first-order valence-corrected chi connectivity index (χ1v) is 12.5. The maximum Gasteiger partial charge on any atom is 0.407 e. The van der Waals surface area contributed by atoms with Crippen molar-refractivity contribution in [2.75, 3.05) is 18.4 Å². The molecule has 1 aliphatic carbocycles. The number of aryl methyl sites for hydroxylation is 2. The quantitative estimate of drug-likeness (QED) is 0.532. The molecule has 178 valence electrons. The Hall–Kier alpha value is -2.91. The van der Waals surface area contributed by atoms with Crippen LogP contribution in [0.4, 0.5) is 10.5 Å². The van der Waals surface area contributed by atoms with Crippen LogP contribution in [-0.4, -0.2) is 39.1 Å². The lowest BCUT2D eigenvalue weighted by Crippen LogP contribution is -2.37. The molecule has 2 aromatic carbocycles. The molecule has 0 saturated carbocycles. The number of rotatable bonds is 7. The zero-order valence-electron chi connectivity index (χ0n) is 19.2. The third-order valence-electron chi connectivity index (χ3n) is 5.10. The van der Waals surface area contributed by atoms with E-state index in [0.717, 1.165) is 19.3 Å². The van der Waals surface area contributed by atoms with E-state index in [4.69, 9.17) is 4.74 Å². The molecule has 0 atom stereocenters. The number of hydrogen-bond acceptors (Lipinski definition) is 5. The van der Waals surface area contributed by atoms with E-state index in [-0.39, 0.29) is 23.9 Å². The minimum Gasteiger partial charge on any atom is -0.444 e. The second-order valence-electron chi connectivity index (χ2n) is 9.00. The highest BCUT2D eigenvalue weighted by Crippen LogP contribution is 2.23. The Kier molecular flexibility index (Phi) is 7.76. The van der Waals surface area contributed by atoms with Gasteiger partial charge in [0.2, 0.25) is 10.0 Å². The summed E-state index contributed by atoms with van der Waals surface area (Å²) in [6, 6.07) is 11.8. The van der Waals surface area contributed by atoms with E-state index >= 15 is 0 Å². The van der Waals surface area contributed by atoms with Crippen molar-refractivity contribution in [3.8, 4) is 0 Å². The van der Waals surface area contributed by atoms with Crippen LogP contribution in [0.15, 0.2) is 47.4 Å². The van der Waals surface area contributed by atoms with Crippen LogP contribution in [0.2, 0.25) is 0 Å². The normalized spacial score (nSPS) is 13.7. The first-order chi connectivity index (χ1) is 15.5. The number of hydrogen-bond donors (Lipinski definition) is 3. The summed E-state index contributed by atoms with van der Waals surface area (Å²) in [6.07, 6.45) is 3.69. The zero-order chi connectivity index (χ0) is 24.1. The van der Waals surface area contributed by atoms with E-state index in [1.807, 2.05) is 12.1 Å². The summed E-state index contributed by atoms with van der Waals surface area (Å²) < 4.78 is 32.7. The minimum absolute atomic E-state index is 0.00666. The molecular weight excluding hydrogens is 442 g/mol. The van der Waals surface area contributed by atoms with Crippen molar-refractivity contribution in [1.82, 2.24) is 10.0 Å². The van der Waals surface area contributed by atoms with E-state index in [0.29, 0.717) is 11.3 Å². The molecule has 1 aliphatic rings. The molecule has 8 nitrogen and oxygen atoms in total. The number of carbonyl (C=O) groups excluding carboxylic acids is 2. The van der Waals surface area contributed by atoms with Crippen LogP contribution in [0.25, 0.3) is 0 Å². The van der Waals surface area contributed by atoms with Crippen LogP contribution in [0.1, 0.15) is 55.1 Å². The molecule has 0 heterocycles. The van der Waals surface area contributed by atoms with Crippen LogP contribution >= 0.6 is 0 Å². The smallest absolute Gasteiger partial charge is 0.407 e. The summed E-state index contributed by atoms with van der Waals surface area (Å²) in [6.45, 7) is 5.29. The van der Waals surface area contributed by atoms with E-state index in [1.54, 1.807) is 39.0 Å². The third-order valence-corrected chi connectivity index (χ3v) is 6.56. The zero-order valence-corrected chi connectivity index (χ0v) is 20.1. The SMILES string of the molecule is CC(C)(C)OC(=O)NCCNS(=O)(=O)c1cccc(NC(=O)c2ccc3c(c2)CCCC3)c1. The summed E-state index contributed by atoms with van der Waals surface area (Å²) >= 11 is 0. The summed E-state index contributed by atoms with van der Waals surface area (Å²) in [5, 5.41) is 5.27. The van der Waals surface area contributed by atoms with Crippen molar-refractivity contribution in [2.45, 2.75) is 57.0 Å². The number of anilines is 1. The molecule has 0 spiro atoms. The molecule has 9 heteroatoms.